The first-order valence-corrected chi connectivity index (χ1v) is 7.02. The second-order valence-corrected chi connectivity index (χ2v) is 4.82. The smallest absolute Gasteiger partial charge is 0.322 e. The van der Waals surface area contributed by atoms with Crippen LogP contribution in [0.3, 0.4) is 0 Å². The summed E-state index contributed by atoms with van der Waals surface area (Å²) < 4.78 is 1.65. The van der Waals surface area contributed by atoms with Crippen LogP contribution in [0.4, 0.5) is 10.5 Å². The number of benzene rings is 1. The van der Waals surface area contributed by atoms with E-state index in [0.717, 1.165) is 5.56 Å². The van der Waals surface area contributed by atoms with E-state index in [1.54, 1.807) is 24.0 Å². The predicted octanol–water partition coefficient (Wildman–Crippen LogP) is 2.10. The molecule has 0 bridgehead atoms. The Morgan fingerprint density at radius 2 is 2.18 bits per heavy atom. The van der Waals surface area contributed by atoms with E-state index in [2.05, 4.69) is 17.0 Å². The number of carbonyl (C=O) groups is 1. The number of aliphatic hydroxyl groups is 1. The van der Waals surface area contributed by atoms with Gasteiger partial charge >= 0.3 is 6.03 Å². The van der Waals surface area contributed by atoms with Crippen LogP contribution in [-0.4, -0.2) is 45.5 Å². The number of aryl methyl sites for hydroxylation is 1. The third-order valence-corrected chi connectivity index (χ3v) is 3.12. The van der Waals surface area contributed by atoms with E-state index in [9.17, 15) is 4.79 Å². The molecule has 0 fully saturated rings. The van der Waals surface area contributed by atoms with Crippen LogP contribution in [0.2, 0.25) is 0 Å². The van der Waals surface area contributed by atoms with E-state index in [-0.39, 0.29) is 19.2 Å². The fourth-order valence-corrected chi connectivity index (χ4v) is 2.14. The molecular formula is C16H20N4O2. The van der Waals surface area contributed by atoms with Crippen LogP contribution < -0.4 is 5.32 Å². The molecule has 0 spiro atoms. The number of hydrogen-bond donors (Lipinski definition) is 2. The number of nitrogens with one attached hydrogen (secondary N) is 1. The molecule has 6 heteroatoms. The first-order valence-electron chi connectivity index (χ1n) is 7.02. The Hall–Kier alpha value is -2.60. The molecule has 0 aliphatic rings. The van der Waals surface area contributed by atoms with Crippen molar-refractivity contribution in [3.63, 3.8) is 0 Å². The van der Waals surface area contributed by atoms with Crippen LogP contribution in [0.1, 0.15) is 0 Å². The van der Waals surface area contributed by atoms with Gasteiger partial charge in [0.2, 0.25) is 0 Å². The van der Waals surface area contributed by atoms with Crippen LogP contribution in [0.5, 0.6) is 0 Å². The average Bonchev–Trinajstić information content (AvgIpc) is 2.88. The third kappa shape index (κ3) is 3.73. The van der Waals surface area contributed by atoms with Gasteiger partial charge in [-0.05, 0) is 0 Å². The number of nitrogens with zero attached hydrogens (tertiary/aromatic N) is 3. The molecule has 0 saturated carbocycles. The fourth-order valence-electron chi connectivity index (χ4n) is 2.14. The van der Waals surface area contributed by atoms with Gasteiger partial charge in [-0.15, -0.1) is 6.58 Å². The van der Waals surface area contributed by atoms with Crippen molar-refractivity contribution in [1.82, 2.24) is 14.7 Å². The van der Waals surface area contributed by atoms with Gasteiger partial charge in [0.05, 0.1) is 12.3 Å². The first-order chi connectivity index (χ1) is 10.7. The van der Waals surface area contributed by atoms with Crippen molar-refractivity contribution < 1.29 is 9.90 Å². The number of aliphatic hydroxyl groups excluding tert-OH is 1. The van der Waals surface area contributed by atoms with Crippen molar-refractivity contribution in [3.05, 3.63) is 49.2 Å². The molecule has 1 heterocycles. The molecule has 116 valence electrons. The number of amides is 2. The molecule has 1 aromatic carbocycles. The van der Waals surface area contributed by atoms with E-state index in [1.807, 2.05) is 30.3 Å². The van der Waals surface area contributed by atoms with Crippen molar-refractivity contribution >= 4 is 11.7 Å². The molecule has 22 heavy (non-hydrogen) atoms. The second kappa shape index (κ2) is 7.42. The summed E-state index contributed by atoms with van der Waals surface area (Å²) >= 11 is 0. The van der Waals surface area contributed by atoms with Gasteiger partial charge in [-0.25, -0.2) is 4.79 Å². The molecule has 1 aromatic heterocycles. The Balaban J connectivity index is 2.22. The fraction of sp³-hybridized carbons (Fsp3) is 0.250. The molecule has 0 saturated heterocycles. The summed E-state index contributed by atoms with van der Waals surface area (Å²) in [6, 6.07) is 9.36. The zero-order chi connectivity index (χ0) is 15.9. The van der Waals surface area contributed by atoms with Gasteiger partial charge < -0.3 is 15.3 Å². The monoisotopic (exact) mass is 300 g/mol. The van der Waals surface area contributed by atoms with E-state index in [1.165, 1.54) is 4.90 Å². The lowest BCUT2D eigenvalue weighted by Crippen LogP contribution is -2.37. The molecule has 2 rings (SSSR count). The van der Waals surface area contributed by atoms with Gasteiger partial charge in [-0.1, -0.05) is 36.4 Å². The minimum absolute atomic E-state index is 0.0974. The molecule has 0 radical (unpaired) electrons. The molecule has 0 aliphatic heterocycles. The van der Waals surface area contributed by atoms with Crippen molar-refractivity contribution in [2.75, 3.05) is 25.0 Å². The number of carbonyl (C=O) groups excluding carboxylic acids is 1. The summed E-state index contributed by atoms with van der Waals surface area (Å²) in [5, 5.41) is 16.3. The molecular weight excluding hydrogens is 280 g/mol. The number of rotatable bonds is 6. The standard InChI is InChI=1S/C16H20N4O2/c1-3-9-20(10-11-21)16(22)17-14-12-19(2)18-15(14)13-7-5-4-6-8-13/h3-8,12,21H,1,9-11H2,2H3,(H,17,22). The summed E-state index contributed by atoms with van der Waals surface area (Å²) in [6.45, 7) is 4.14. The zero-order valence-corrected chi connectivity index (χ0v) is 12.6. The molecule has 6 nitrogen and oxygen atoms in total. The lowest BCUT2D eigenvalue weighted by Gasteiger charge is -2.20. The highest BCUT2D eigenvalue weighted by Gasteiger charge is 2.16. The summed E-state index contributed by atoms with van der Waals surface area (Å²) in [6.07, 6.45) is 3.38. The summed E-state index contributed by atoms with van der Waals surface area (Å²) in [5.41, 5.74) is 2.26. The minimum Gasteiger partial charge on any atom is -0.395 e. The molecule has 0 atom stereocenters. The average molecular weight is 300 g/mol. The third-order valence-electron chi connectivity index (χ3n) is 3.12. The SMILES string of the molecule is C=CCN(CCO)C(=O)Nc1cn(C)nc1-c1ccccc1. The quantitative estimate of drug-likeness (QED) is 0.803. The maximum absolute atomic E-state index is 12.3. The Labute approximate surface area is 129 Å². The topological polar surface area (TPSA) is 70.4 Å². The van der Waals surface area contributed by atoms with E-state index in [0.29, 0.717) is 17.9 Å². The summed E-state index contributed by atoms with van der Waals surface area (Å²) in [4.78, 5) is 13.8. The number of hydrogen-bond acceptors (Lipinski definition) is 3. The van der Waals surface area contributed by atoms with Crippen molar-refractivity contribution in [3.8, 4) is 11.3 Å². The highest BCUT2D eigenvalue weighted by atomic mass is 16.3. The normalized spacial score (nSPS) is 10.3. The molecule has 2 N–H and O–H groups in total. The van der Waals surface area contributed by atoms with E-state index in [4.69, 9.17) is 5.11 Å². The number of anilines is 1. The predicted molar refractivity (Wildman–Crippen MR) is 86.5 cm³/mol. The van der Waals surface area contributed by atoms with Gasteiger partial charge in [-0.3, -0.25) is 4.68 Å². The van der Waals surface area contributed by atoms with Crippen LogP contribution in [-0.2, 0) is 7.05 Å². The Bertz CT molecular complexity index is 637. The van der Waals surface area contributed by atoms with E-state index >= 15 is 0 Å². The molecule has 0 unspecified atom stereocenters. The van der Waals surface area contributed by atoms with Crippen LogP contribution in [0.25, 0.3) is 11.3 Å². The van der Waals surface area contributed by atoms with Gasteiger partial charge in [-0.2, -0.15) is 5.10 Å². The van der Waals surface area contributed by atoms with Crippen LogP contribution in [0.15, 0.2) is 49.2 Å². The van der Waals surface area contributed by atoms with Gasteiger partial charge in [0.15, 0.2) is 0 Å². The summed E-state index contributed by atoms with van der Waals surface area (Å²) in [7, 11) is 1.80. The van der Waals surface area contributed by atoms with Crippen molar-refractivity contribution in [2.24, 2.45) is 7.05 Å². The molecule has 0 aliphatic carbocycles. The second-order valence-electron chi connectivity index (χ2n) is 4.82. The Kier molecular flexibility index (Phi) is 5.32. The Morgan fingerprint density at radius 3 is 2.82 bits per heavy atom. The molecule has 2 aromatic rings. The number of urea groups is 1. The van der Waals surface area contributed by atoms with Gasteiger partial charge in [0, 0.05) is 31.9 Å². The lowest BCUT2D eigenvalue weighted by atomic mass is 10.1. The van der Waals surface area contributed by atoms with Crippen LogP contribution in [0, 0.1) is 0 Å². The highest BCUT2D eigenvalue weighted by Crippen LogP contribution is 2.26. The maximum Gasteiger partial charge on any atom is 0.322 e. The number of aromatic nitrogens is 2. The zero-order valence-electron chi connectivity index (χ0n) is 12.6. The minimum atomic E-state index is -0.292. The maximum atomic E-state index is 12.3. The van der Waals surface area contributed by atoms with Crippen LogP contribution >= 0.6 is 0 Å². The molecule has 2 amide bonds. The lowest BCUT2D eigenvalue weighted by molar-refractivity contribution is 0.195. The Morgan fingerprint density at radius 1 is 1.45 bits per heavy atom. The largest absolute Gasteiger partial charge is 0.395 e. The summed E-state index contributed by atoms with van der Waals surface area (Å²) in [5.74, 6) is 0. The highest BCUT2D eigenvalue weighted by molar-refractivity contribution is 5.93. The van der Waals surface area contributed by atoms with Crippen molar-refractivity contribution in [2.45, 2.75) is 0 Å². The van der Waals surface area contributed by atoms with Crippen molar-refractivity contribution in [1.29, 1.82) is 0 Å². The first kappa shape index (κ1) is 15.8. The van der Waals surface area contributed by atoms with E-state index < -0.39 is 0 Å². The van der Waals surface area contributed by atoms with Gasteiger partial charge in [0.1, 0.15) is 5.69 Å². The van der Waals surface area contributed by atoms with Gasteiger partial charge in [0.25, 0.3) is 0 Å².